The molecule has 1 aliphatic rings. The summed E-state index contributed by atoms with van der Waals surface area (Å²) in [4.78, 5) is 0.0525. The standard InChI is InChI=1S/C16H20N6O3S/c1-11(2)14(15-19-18-13-6-3-4-7-21(13)15)20-26(23,24)12-10-17-22-8-5-9-25-16(12)22/h3-4,6-7,10-11,14,20H,5,8-9H2,1-2H3. The second kappa shape index (κ2) is 6.36. The first-order chi connectivity index (χ1) is 12.5. The van der Waals surface area contributed by atoms with Gasteiger partial charge in [0.15, 0.2) is 16.4 Å². The summed E-state index contributed by atoms with van der Waals surface area (Å²) >= 11 is 0. The lowest BCUT2D eigenvalue weighted by atomic mass is 10.1. The Balaban J connectivity index is 1.72. The van der Waals surface area contributed by atoms with Crippen molar-refractivity contribution in [1.29, 1.82) is 0 Å². The Bertz CT molecular complexity index is 1040. The van der Waals surface area contributed by atoms with Crippen molar-refractivity contribution in [1.82, 2.24) is 29.1 Å². The highest BCUT2D eigenvalue weighted by Crippen LogP contribution is 2.29. The molecule has 4 heterocycles. The van der Waals surface area contributed by atoms with E-state index in [4.69, 9.17) is 4.74 Å². The van der Waals surface area contributed by atoms with Crippen molar-refractivity contribution in [2.75, 3.05) is 6.61 Å². The zero-order valence-corrected chi connectivity index (χ0v) is 15.3. The third-order valence-corrected chi connectivity index (χ3v) is 5.79. The van der Waals surface area contributed by atoms with E-state index in [9.17, 15) is 8.42 Å². The van der Waals surface area contributed by atoms with E-state index in [1.54, 1.807) is 9.08 Å². The topological polar surface area (TPSA) is 103 Å². The Morgan fingerprint density at radius 3 is 2.92 bits per heavy atom. The summed E-state index contributed by atoms with van der Waals surface area (Å²) in [5.74, 6) is 0.795. The molecule has 3 aromatic rings. The van der Waals surface area contributed by atoms with Crippen molar-refractivity contribution in [3.8, 4) is 5.88 Å². The number of aromatic nitrogens is 5. The maximum absolute atomic E-state index is 13.0. The van der Waals surface area contributed by atoms with Gasteiger partial charge in [-0.15, -0.1) is 10.2 Å². The molecule has 0 fully saturated rings. The van der Waals surface area contributed by atoms with Crippen LogP contribution in [0.5, 0.6) is 5.88 Å². The van der Waals surface area contributed by atoms with Gasteiger partial charge in [-0.2, -0.15) is 9.82 Å². The van der Waals surface area contributed by atoms with Gasteiger partial charge in [-0.3, -0.25) is 4.40 Å². The predicted octanol–water partition coefficient (Wildman–Crippen LogP) is 1.38. The fourth-order valence-corrected chi connectivity index (χ4v) is 4.44. The minimum Gasteiger partial charge on any atom is -0.477 e. The van der Waals surface area contributed by atoms with E-state index in [-0.39, 0.29) is 16.7 Å². The Kier molecular flexibility index (Phi) is 4.16. The van der Waals surface area contributed by atoms with Crippen LogP contribution in [-0.2, 0) is 16.6 Å². The number of pyridine rings is 1. The van der Waals surface area contributed by atoms with Crippen molar-refractivity contribution in [3.63, 3.8) is 0 Å². The Morgan fingerprint density at radius 1 is 1.27 bits per heavy atom. The van der Waals surface area contributed by atoms with Crippen LogP contribution in [0.15, 0.2) is 35.5 Å². The number of sulfonamides is 1. The molecule has 1 unspecified atom stereocenters. The summed E-state index contributed by atoms with van der Waals surface area (Å²) in [5.41, 5.74) is 0.665. The van der Waals surface area contributed by atoms with E-state index in [0.717, 1.165) is 6.42 Å². The number of hydrogen-bond acceptors (Lipinski definition) is 6. The molecular weight excluding hydrogens is 356 g/mol. The first-order valence-electron chi connectivity index (χ1n) is 8.48. The van der Waals surface area contributed by atoms with Gasteiger partial charge < -0.3 is 4.74 Å². The summed E-state index contributed by atoms with van der Waals surface area (Å²) in [7, 11) is -3.84. The third kappa shape index (κ3) is 2.84. The molecule has 0 bridgehead atoms. The van der Waals surface area contributed by atoms with Crippen molar-refractivity contribution < 1.29 is 13.2 Å². The van der Waals surface area contributed by atoms with E-state index in [0.29, 0.717) is 24.6 Å². The molecule has 26 heavy (non-hydrogen) atoms. The summed E-state index contributed by atoms with van der Waals surface area (Å²) < 4.78 is 37.7. The molecule has 0 radical (unpaired) electrons. The summed E-state index contributed by atoms with van der Waals surface area (Å²) in [6.07, 6.45) is 3.96. The molecule has 3 aromatic heterocycles. The number of nitrogens with zero attached hydrogens (tertiary/aromatic N) is 5. The molecule has 0 spiro atoms. The monoisotopic (exact) mass is 376 g/mol. The molecule has 0 amide bonds. The summed E-state index contributed by atoms with van der Waals surface area (Å²) in [6.45, 7) is 4.99. The molecule has 138 valence electrons. The van der Waals surface area contributed by atoms with E-state index < -0.39 is 16.1 Å². The normalized spacial score (nSPS) is 15.8. The van der Waals surface area contributed by atoms with Crippen molar-refractivity contribution in [2.24, 2.45) is 5.92 Å². The first kappa shape index (κ1) is 17.0. The van der Waals surface area contributed by atoms with Crippen LogP contribution >= 0.6 is 0 Å². The fraction of sp³-hybridized carbons (Fsp3) is 0.438. The fourth-order valence-electron chi connectivity index (χ4n) is 3.02. The molecule has 0 aliphatic carbocycles. The van der Waals surface area contributed by atoms with Gasteiger partial charge in [0.1, 0.15) is 0 Å². The lowest BCUT2D eigenvalue weighted by Gasteiger charge is -2.21. The van der Waals surface area contributed by atoms with Crippen LogP contribution in [0, 0.1) is 5.92 Å². The molecule has 0 saturated carbocycles. The highest BCUT2D eigenvalue weighted by Gasteiger charge is 2.32. The van der Waals surface area contributed by atoms with Crippen molar-refractivity contribution in [2.45, 2.75) is 37.8 Å². The lowest BCUT2D eigenvalue weighted by Crippen LogP contribution is -2.33. The first-order valence-corrected chi connectivity index (χ1v) is 9.96. The van der Waals surface area contributed by atoms with Gasteiger partial charge >= 0.3 is 0 Å². The van der Waals surface area contributed by atoms with Gasteiger partial charge in [-0.05, 0) is 18.1 Å². The van der Waals surface area contributed by atoms with Gasteiger partial charge in [0, 0.05) is 19.2 Å². The average Bonchev–Trinajstić information content (AvgIpc) is 3.24. The second-order valence-corrected chi connectivity index (χ2v) is 8.25. The van der Waals surface area contributed by atoms with E-state index in [2.05, 4.69) is 20.0 Å². The van der Waals surface area contributed by atoms with Crippen molar-refractivity contribution in [3.05, 3.63) is 36.4 Å². The van der Waals surface area contributed by atoms with Crippen LogP contribution < -0.4 is 9.46 Å². The highest BCUT2D eigenvalue weighted by molar-refractivity contribution is 7.89. The molecule has 1 atom stereocenters. The number of aryl methyl sites for hydroxylation is 1. The molecule has 4 rings (SSSR count). The van der Waals surface area contributed by atoms with Crippen molar-refractivity contribution >= 4 is 15.7 Å². The molecule has 0 saturated heterocycles. The van der Waals surface area contributed by atoms with Gasteiger partial charge in [-0.25, -0.2) is 13.1 Å². The Hall–Kier alpha value is -2.46. The minimum atomic E-state index is -3.84. The molecule has 1 aliphatic heterocycles. The Labute approximate surface area is 151 Å². The zero-order valence-electron chi connectivity index (χ0n) is 14.5. The number of ether oxygens (including phenoxy) is 1. The highest BCUT2D eigenvalue weighted by atomic mass is 32.2. The van der Waals surface area contributed by atoms with Crippen LogP contribution in [-0.4, -0.2) is 39.4 Å². The number of nitrogens with one attached hydrogen (secondary N) is 1. The van der Waals surface area contributed by atoms with Crippen LogP contribution in [0.4, 0.5) is 0 Å². The largest absolute Gasteiger partial charge is 0.477 e. The van der Waals surface area contributed by atoms with E-state index in [1.165, 1.54) is 6.20 Å². The molecule has 1 N–H and O–H groups in total. The van der Waals surface area contributed by atoms with Gasteiger partial charge in [0.2, 0.25) is 15.9 Å². The van der Waals surface area contributed by atoms with Gasteiger partial charge in [-0.1, -0.05) is 19.9 Å². The smallest absolute Gasteiger partial charge is 0.248 e. The predicted molar refractivity (Wildman–Crippen MR) is 93.2 cm³/mol. The van der Waals surface area contributed by atoms with Crippen LogP contribution in [0.1, 0.15) is 32.1 Å². The number of hydrogen-bond donors (Lipinski definition) is 1. The van der Waals surface area contributed by atoms with Gasteiger partial charge in [0.25, 0.3) is 0 Å². The minimum absolute atomic E-state index is 0.0373. The summed E-state index contributed by atoms with van der Waals surface area (Å²) in [6, 6.07) is 4.99. The van der Waals surface area contributed by atoms with Crippen LogP contribution in [0.25, 0.3) is 5.65 Å². The average molecular weight is 376 g/mol. The van der Waals surface area contributed by atoms with Gasteiger partial charge in [0.05, 0.1) is 18.8 Å². The number of rotatable bonds is 5. The van der Waals surface area contributed by atoms with E-state index in [1.807, 2.05) is 38.2 Å². The Morgan fingerprint density at radius 2 is 2.12 bits per heavy atom. The SMILES string of the molecule is CC(C)C(NS(=O)(=O)c1cnn2c1OCCC2)c1nnc2ccccn12. The third-order valence-electron chi connectivity index (χ3n) is 4.37. The van der Waals surface area contributed by atoms with E-state index >= 15 is 0 Å². The second-order valence-electron chi connectivity index (χ2n) is 6.57. The quantitative estimate of drug-likeness (QED) is 0.722. The maximum Gasteiger partial charge on any atom is 0.248 e. The van der Waals surface area contributed by atoms with Crippen LogP contribution in [0.2, 0.25) is 0 Å². The van der Waals surface area contributed by atoms with Crippen LogP contribution in [0.3, 0.4) is 0 Å². The molecular formula is C16H20N6O3S. The maximum atomic E-state index is 13.0. The molecule has 9 nitrogen and oxygen atoms in total. The molecule has 10 heteroatoms. The zero-order chi connectivity index (χ0) is 18.3. The summed E-state index contributed by atoms with van der Waals surface area (Å²) in [5, 5.41) is 12.5. The lowest BCUT2D eigenvalue weighted by molar-refractivity contribution is 0.224. The number of fused-ring (bicyclic) bond motifs is 2. The molecule has 0 aromatic carbocycles.